The van der Waals surface area contributed by atoms with Gasteiger partial charge in [-0.3, -0.25) is 0 Å². The van der Waals surface area contributed by atoms with Crippen LogP contribution in [0.15, 0.2) is 23.0 Å². The number of furan rings is 1. The van der Waals surface area contributed by atoms with Gasteiger partial charge in [-0.25, -0.2) is 0 Å². The molecule has 1 atom stereocenters. The van der Waals surface area contributed by atoms with Crippen LogP contribution in [0.25, 0.3) is 0 Å². The molecule has 1 aliphatic rings. The third kappa shape index (κ3) is 3.88. The van der Waals surface area contributed by atoms with E-state index in [1.807, 2.05) is 6.26 Å². The molecular formula is C15H25NO. The van der Waals surface area contributed by atoms with Crippen LogP contribution in [0.2, 0.25) is 0 Å². The molecule has 1 unspecified atom stereocenters. The highest BCUT2D eigenvalue weighted by molar-refractivity contribution is 5.08. The molecule has 2 rings (SSSR count). The third-order valence-electron chi connectivity index (χ3n) is 3.91. The van der Waals surface area contributed by atoms with Crippen molar-refractivity contribution < 1.29 is 4.42 Å². The van der Waals surface area contributed by atoms with Gasteiger partial charge in [-0.05, 0) is 49.8 Å². The average molecular weight is 235 g/mol. The van der Waals surface area contributed by atoms with Gasteiger partial charge in [0, 0.05) is 6.04 Å². The third-order valence-corrected chi connectivity index (χ3v) is 3.91. The van der Waals surface area contributed by atoms with E-state index in [9.17, 15) is 0 Å². The molecule has 1 N–H and O–H groups in total. The summed E-state index contributed by atoms with van der Waals surface area (Å²) in [6.07, 6.45) is 13.1. The van der Waals surface area contributed by atoms with Crippen molar-refractivity contribution in [3.8, 4) is 0 Å². The Morgan fingerprint density at radius 1 is 1.35 bits per heavy atom. The smallest absolute Gasteiger partial charge is 0.0935 e. The van der Waals surface area contributed by atoms with E-state index in [1.165, 1.54) is 44.1 Å². The van der Waals surface area contributed by atoms with Crippen molar-refractivity contribution in [1.29, 1.82) is 0 Å². The molecule has 0 spiro atoms. The standard InChI is InChI=1S/C15H25NO/c1-2-9-16-15(11-13-8-10-17-12-13)14-6-4-3-5-7-14/h8,10,12,14-16H,2-7,9,11H2,1H3. The van der Waals surface area contributed by atoms with Crippen molar-refractivity contribution in [1.82, 2.24) is 5.32 Å². The molecule has 96 valence electrons. The van der Waals surface area contributed by atoms with Crippen molar-refractivity contribution in [2.75, 3.05) is 6.54 Å². The van der Waals surface area contributed by atoms with Gasteiger partial charge in [0.05, 0.1) is 12.5 Å². The second kappa shape index (κ2) is 6.85. The van der Waals surface area contributed by atoms with Gasteiger partial charge in [0.15, 0.2) is 0 Å². The first-order chi connectivity index (χ1) is 8.40. The van der Waals surface area contributed by atoms with Gasteiger partial charge in [-0.1, -0.05) is 26.2 Å². The molecule has 0 aliphatic heterocycles. The first kappa shape index (κ1) is 12.7. The van der Waals surface area contributed by atoms with Crippen LogP contribution in [0.1, 0.15) is 51.0 Å². The first-order valence-corrected chi connectivity index (χ1v) is 7.14. The minimum atomic E-state index is 0.646. The highest BCUT2D eigenvalue weighted by Crippen LogP contribution is 2.28. The largest absolute Gasteiger partial charge is 0.472 e. The zero-order chi connectivity index (χ0) is 11.9. The van der Waals surface area contributed by atoms with Gasteiger partial charge < -0.3 is 9.73 Å². The summed E-state index contributed by atoms with van der Waals surface area (Å²) in [5.41, 5.74) is 1.34. The zero-order valence-corrected chi connectivity index (χ0v) is 11.0. The Bertz CT molecular complexity index is 288. The predicted octanol–water partition coefficient (Wildman–Crippen LogP) is 3.77. The Balaban J connectivity index is 1.91. The molecule has 0 amide bonds. The van der Waals surface area contributed by atoms with Crippen LogP contribution < -0.4 is 5.32 Å². The van der Waals surface area contributed by atoms with E-state index in [-0.39, 0.29) is 0 Å². The first-order valence-electron chi connectivity index (χ1n) is 7.14. The lowest BCUT2D eigenvalue weighted by molar-refractivity contribution is 0.267. The van der Waals surface area contributed by atoms with Crippen LogP contribution in [-0.4, -0.2) is 12.6 Å². The second-order valence-corrected chi connectivity index (χ2v) is 5.29. The maximum atomic E-state index is 5.18. The quantitative estimate of drug-likeness (QED) is 0.812. The monoisotopic (exact) mass is 235 g/mol. The van der Waals surface area contributed by atoms with Crippen LogP contribution in [0, 0.1) is 5.92 Å². The predicted molar refractivity (Wildman–Crippen MR) is 71.1 cm³/mol. The van der Waals surface area contributed by atoms with Gasteiger partial charge in [0.25, 0.3) is 0 Å². The Morgan fingerprint density at radius 3 is 2.82 bits per heavy atom. The molecule has 1 aromatic rings. The Labute approximate surface area is 105 Å². The summed E-state index contributed by atoms with van der Waals surface area (Å²) in [6.45, 7) is 3.38. The number of hydrogen-bond donors (Lipinski definition) is 1. The lowest BCUT2D eigenvalue weighted by atomic mass is 9.82. The molecule has 17 heavy (non-hydrogen) atoms. The van der Waals surface area contributed by atoms with Crippen LogP contribution in [-0.2, 0) is 6.42 Å². The van der Waals surface area contributed by atoms with E-state index in [2.05, 4.69) is 18.3 Å². The van der Waals surface area contributed by atoms with Crippen LogP contribution in [0.5, 0.6) is 0 Å². The second-order valence-electron chi connectivity index (χ2n) is 5.29. The van der Waals surface area contributed by atoms with Gasteiger partial charge in [-0.2, -0.15) is 0 Å². The molecule has 0 saturated heterocycles. The molecule has 0 radical (unpaired) electrons. The summed E-state index contributed by atoms with van der Waals surface area (Å²) < 4.78 is 5.18. The van der Waals surface area contributed by atoms with E-state index < -0.39 is 0 Å². The normalized spacial score (nSPS) is 19.4. The molecule has 1 aromatic heterocycles. The highest BCUT2D eigenvalue weighted by atomic mass is 16.3. The van der Waals surface area contributed by atoms with E-state index >= 15 is 0 Å². The molecule has 1 saturated carbocycles. The van der Waals surface area contributed by atoms with Gasteiger partial charge in [0.1, 0.15) is 0 Å². The summed E-state index contributed by atoms with van der Waals surface area (Å²) in [5.74, 6) is 0.866. The average Bonchev–Trinajstić information content (AvgIpc) is 2.88. The topological polar surface area (TPSA) is 25.2 Å². The fourth-order valence-corrected chi connectivity index (χ4v) is 2.93. The molecule has 1 aliphatic carbocycles. The molecule has 0 bridgehead atoms. The Kier molecular flexibility index (Phi) is 5.11. The van der Waals surface area contributed by atoms with E-state index in [1.54, 1.807) is 6.26 Å². The molecule has 1 heterocycles. The number of nitrogens with one attached hydrogen (secondary N) is 1. The molecule has 1 fully saturated rings. The summed E-state index contributed by atoms with van der Waals surface area (Å²) in [4.78, 5) is 0. The fourth-order valence-electron chi connectivity index (χ4n) is 2.93. The summed E-state index contributed by atoms with van der Waals surface area (Å²) in [5, 5.41) is 3.74. The van der Waals surface area contributed by atoms with Crippen molar-refractivity contribution >= 4 is 0 Å². The molecule has 0 aromatic carbocycles. The van der Waals surface area contributed by atoms with E-state index in [0.717, 1.165) is 18.9 Å². The molecule has 2 heteroatoms. The fraction of sp³-hybridized carbons (Fsp3) is 0.733. The lowest BCUT2D eigenvalue weighted by Gasteiger charge is -2.31. The maximum Gasteiger partial charge on any atom is 0.0935 e. The van der Waals surface area contributed by atoms with Crippen LogP contribution in [0.3, 0.4) is 0 Å². The van der Waals surface area contributed by atoms with Gasteiger partial charge in [-0.15, -0.1) is 0 Å². The number of rotatable bonds is 6. The van der Waals surface area contributed by atoms with Crippen LogP contribution in [0.4, 0.5) is 0 Å². The van der Waals surface area contributed by atoms with Crippen molar-refractivity contribution in [3.05, 3.63) is 24.2 Å². The van der Waals surface area contributed by atoms with Crippen molar-refractivity contribution in [2.24, 2.45) is 5.92 Å². The summed E-state index contributed by atoms with van der Waals surface area (Å²) in [7, 11) is 0. The zero-order valence-electron chi connectivity index (χ0n) is 11.0. The van der Waals surface area contributed by atoms with Crippen molar-refractivity contribution in [3.63, 3.8) is 0 Å². The Morgan fingerprint density at radius 2 is 2.18 bits per heavy atom. The minimum Gasteiger partial charge on any atom is -0.472 e. The summed E-state index contributed by atoms with van der Waals surface area (Å²) in [6, 6.07) is 2.75. The number of hydrogen-bond acceptors (Lipinski definition) is 2. The van der Waals surface area contributed by atoms with Crippen LogP contribution >= 0.6 is 0 Å². The molecule has 2 nitrogen and oxygen atoms in total. The van der Waals surface area contributed by atoms with Crippen molar-refractivity contribution in [2.45, 2.75) is 57.9 Å². The van der Waals surface area contributed by atoms with E-state index in [4.69, 9.17) is 4.42 Å². The minimum absolute atomic E-state index is 0.646. The molecular weight excluding hydrogens is 210 g/mol. The Hall–Kier alpha value is -0.760. The highest BCUT2D eigenvalue weighted by Gasteiger charge is 2.23. The summed E-state index contributed by atoms with van der Waals surface area (Å²) >= 11 is 0. The lowest BCUT2D eigenvalue weighted by Crippen LogP contribution is -2.39. The SMILES string of the molecule is CCCNC(Cc1ccoc1)C1CCCCC1. The van der Waals surface area contributed by atoms with Gasteiger partial charge in [0.2, 0.25) is 0 Å². The van der Waals surface area contributed by atoms with Gasteiger partial charge >= 0.3 is 0 Å². The maximum absolute atomic E-state index is 5.18. The van der Waals surface area contributed by atoms with E-state index in [0.29, 0.717) is 6.04 Å².